The van der Waals surface area contributed by atoms with Gasteiger partial charge in [0.25, 0.3) is 0 Å². The molecule has 3 N–H and O–H groups in total. The zero-order chi connectivity index (χ0) is 18.2. The van der Waals surface area contributed by atoms with E-state index in [2.05, 4.69) is 38.1 Å². The molecule has 6 nitrogen and oxygen atoms in total. The number of pyridine rings is 1. The Hall–Kier alpha value is -3.14. The van der Waals surface area contributed by atoms with Gasteiger partial charge in [0.1, 0.15) is 12.5 Å². The molecule has 26 heavy (non-hydrogen) atoms. The first-order valence-electron chi connectivity index (χ1n) is 8.59. The largest absolute Gasteiger partial charge is 0.367 e. The maximum atomic E-state index is 12.2. The van der Waals surface area contributed by atoms with Crippen LogP contribution >= 0.6 is 0 Å². The molecule has 3 rings (SSSR count). The molecule has 0 amide bonds. The van der Waals surface area contributed by atoms with Crippen molar-refractivity contribution < 1.29 is 4.39 Å². The average Bonchev–Trinajstić information content (AvgIpc) is 2.65. The predicted molar refractivity (Wildman–Crippen MR) is 100 cm³/mol. The van der Waals surface area contributed by atoms with Crippen molar-refractivity contribution in [3.8, 4) is 6.19 Å². The molecule has 7 heteroatoms. The molecule has 1 fully saturated rings. The lowest BCUT2D eigenvalue weighted by molar-refractivity contribution is 0.220. The summed E-state index contributed by atoms with van der Waals surface area (Å²) in [4.78, 5) is 8.10. The fourth-order valence-corrected chi connectivity index (χ4v) is 3.02. The molecular formula is C19H21FN6. The number of aliphatic imine (C=N–C) groups is 1. The monoisotopic (exact) mass is 352 g/mol. The summed E-state index contributed by atoms with van der Waals surface area (Å²) in [5.41, 5.74) is 1.67. The van der Waals surface area contributed by atoms with Crippen molar-refractivity contribution in [2.75, 3.05) is 23.9 Å². The van der Waals surface area contributed by atoms with E-state index in [-0.39, 0.29) is 12.1 Å². The molecule has 0 aliphatic heterocycles. The molecule has 0 spiro atoms. The molecular weight excluding hydrogens is 331 g/mol. The molecule has 0 atom stereocenters. The Kier molecular flexibility index (Phi) is 5.64. The van der Waals surface area contributed by atoms with Crippen LogP contribution in [0.2, 0.25) is 0 Å². The summed E-state index contributed by atoms with van der Waals surface area (Å²) in [7, 11) is 0. The van der Waals surface area contributed by atoms with Gasteiger partial charge in [0.15, 0.2) is 0 Å². The minimum absolute atomic E-state index is 0.208. The summed E-state index contributed by atoms with van der Waals surface area (Å²) in [6, 6.07) is 13.7. The Morgan fingerprint density at radius 3 is 2.62 bits per heavy atom. The number of rotatable bonds is 6. The van der Waals surface area contributed by atoms with Crippen LogP contribution in [0.1, 0.15) is 24.8 Å². The van der Waals surface area contributed by atoms with E-state index < -0.39 is 6.67 Å². The first kappa shape index (κ1) is 17.7. The van der Waals surface area contributed by atoms with Gasteiger partial charge in [0.2, 0.25) is 12.2 Å². The third-order valence-electron chi connectivity index (χ3n) is 4.48. The number of nitriles is 1. The standard InChI is InChI=1S/C19H21FN6/c20-11-12-22-17-8-7-16(13-23-17)25-18(24-14-21)26-19(9-4-10-19)15-5-2-1-3-6-15/h1-3,5-8,13H,4,9-12H2,(H,22,23)(H2,24,25,26). The summed E-state index contributed by atoms with van der Waals surface area (Å²) in [6.45, 7) is -0.228. The van der Waals surface area contributed by atoms with Crippen LogP contribution in [0.5, 0.6) is 0 Å². The Labute approximate surface area is 152 Å². The van der Waals surface area contributed by atoms with Crippen LogP contribution in [0.25, 0.3) is 0 Å². The van der Waals surface area contributed by atoms with E-state index in [1.807, 2.05) is 24.4 Å². The lowest BCUT2D eigenvalue weighted by Gasteiger charge is -2.43. The minimum Gasteiger partial charge on any atom is -0.367 e. The lowest BCUT2D eigenvalue weighted by Crippen LogP contribution is -2.52. The van der Waals surface area contributed by atoms with E-state index >= 15 is 0 Å². The van der Waals surface area contributed by atoms with Crippen molar-refractivity contribution in [2.24, 2.45) is 4.99 Å². The number of hydrogen-bond acceptors (Lipinski definition) is 4. The number of benzene rings is 1. The van der Waals surface area contributed by atoms with Crippen molar-refractivity contribution in [1.82, 2.24) is 10.3 Å². The van der Waals surface area contributed by atoms with E-state index in [1.54, 1.807) is 18.3 Å². The number of hydrogen-bond donors (Lipinski definition) is 3. The van der Waals surface area contributed by atoms with Gasteiger partial charge in [-0.3, -0.25) is 0 Å². The summed E-state index contributed by atoms with van der Waals surface area (Å²) in [5.74, 6) is 0.988. The highest BCUT2D eigenvalue weighted by Crippen LogP contribution is 2.41. The lowest BCUT2D eigenvalue weighted by atomic mass is 9.72. The fraction of sp³-hybridized carbons (Fsp3) is 0.316. The van der Waals surface area contributed by atoms with E-state index in [0.717, 1.165) is 19.3 Å². The number of halogens is 1. The fourth-order valence-electron chi connectivity index (χ4n) is 3.02. The Balaban J connectivity index is 1.72. The third-order valence-corrected chi connectivity index (χ3v) is 4.48. The van der Waals surface area contributed by atoms with Crippen LogP contribution in [0, 0.1) is 11.5 Å². The molecule has 0 bridgehead atoms. The molecule has 134 valence electrons. The van der Waals surface area contributed by atoms with Gasteiger partial charge in [0, 0.05) is 6.54 Å². The molecule has 1 aromatic carbocycles. The first-order chi connectivity index (χ1) is 12.8. The van der Waals surface area contributed by atoms with Crippen molar-refractivity contribution in [3.05, 3.63) is 54.2 Å². The molecule has 0 unspecified atom stereocenters. The van der Waals surface area contributed by atoms with Crippen LogP contribution in [-0.4, -0.2) is 24.2 Å². The molecule has 0 saturated heterocycles. The van der Waals surface area contributed by atoms with Crippen LogP contribution in [0.4, 0.5) is 15.9 Å². The van der Waals surface area contributed by atoms with Gasteiger partial charge in [-0.25, -0.2) is 9.37 Å². The van der Waals surface area contributed by atoms with E-state index in [4.69, 9.17) is 5.26 Å². The van der Waals surface area contributed by atoms with E-state index in [0.29, 0.717) is 17.5 Å². The van der Waals surface area contributed by atoms with Crippen molar-refractivity contribution in [3.63, 3.8) is 0 Å². The van der Waals surface area contributed by atoms with Crippen LogP contribution < -0.4 is 16.0 Å². The topological polar surface area (TPSA) is 85.1 Å². The molecule has 1 heterocycles. The van der Waals surface area contributed by atoms with Crippen molar-refractivity contribution >= 4 is 17.5 Å². The Morgan fingerprint density at radius 1 is 1.23 bits per heavy atom. The zero-order valence-electron chi connectivity index (χ0n) is 14.4. The highest BCUT2D eigenvalue weighted by Gasteiger charge is 2.39. The normalized spacial score (nSPS) is 15.5. The summed E-state index contributed by atoms with van der Waals surface area (Å²) < 4.78 is 12.2. The van der Waals surface area contributed by atoms with E-state index in [1.165, 1.54) is 5.56 Å². The van der Waals surface area contributed by atoms with Gasteiger partial charge < -0.3 is 16.0 Å². The number of aromatic nitrogens is 1. The highest BCUT2D eigenvalue weighted by atomic mass is 19.1. The van der Waals surface area contributed by atoms with Gasteiger partial charge >= 0.3 is 0 Å². The van der Waals surface area contributed by atoms with Crippen molar-refractivity contribution in [2.45, 2.75) is 24.8 Å². The SMILES string of the molecule is N#C/N=C(/Nc1ccc(NCCF)nc1)NC1(c2ccccc2)CCC1. The second-order valence-corrected chi connectivity index (χ2v) is 6.16. The molecule has 1 aromatic heterocycles. The van der Waals surface area contributed by atoms with E-state index in [9.17, 15) is 4.39 Å². The number of nitrogens with one attached hydrogen (secondary N) is 3. The zero-order valence-corrected chi connectivity index (χ0v) is 14.4. The molecule has 1 saturated carbocycles. The summed E-state index contributed by atoms with van der Waals surface area (Å²) >= 11 is 0. The number of anilines is 2. The van der Waals surface area contributed by atoms with Gasteiger partial charge in [-0.15, -0.1) is 4.99 Å². The predicted octanol–water partition coefficient (Wildman–Crippen LogP) is 3.38. The molecule has 0 radical (unpaired) electrons. The number of nitrogens with zero attached hydrogens (tertiary/aromatic N) is 3. The van der Waals surface area contributed by atoms with Crippen molar-refractivity contribution in [1.29, 1.82) is 5.26 Å². The molecule has 1 aliphatic carbocycles. The third kappa shape index (κ3) is 4.09. The van der Waals surface area contributed by atoms with Crippen LogP contribution in [0.15, 0.2) is 53.7 Å². The maximum Gasteiger partial charge on any atom is 0.212 e. The molecule has 1 aliphatic rings. The smallest absolute Gasteiger partial charge is 0.212 e. The number of alkyl halides is 1. The average molecular weight is 352 g/mol. The minimum atomic E-state index is -0.452. The van der Waals surface area contributed by atoms with Gasteiger partial charge in [-0.05, 0) is 37.0 Å². The quantitative estimate of drug-likeness (QED) is 0.422. The second-order valence-electron chi connectivity index (χ2n) is 6.16. The van der Waals surface area contributed by atoms with Gasteiger partial charge in [-0.1, -0.05) is 30.3 Å². The van der Waals surface area contributed by atoms with Crippen LogP contribution in [0.3, 0.4) is 0 Å². The van der Waals surface area contributed by atoms with Gasteiger partial charge in [-0.2, -0.15) is 5.26 Å². The van der Waals surface area contributed by atoms with Crippen LogP contribution in [-0.2, 0) is 5.54 Å². The summed E-state index contributed by atoms with van der Waals surface area (Å²) in [6.07, 6.45) is 6.54. The van der Waals surface area contributed by atoms with Gasteiger partial charge in [0.05, 0.1) is 17.4 Å². The number of guanidine groups is 1. The first-order valence-corrected chi connectivity index (χ1v) is 8.59. The maximum absolute atomic E-state index is 12.2. The Bertz CT molecular complexity index is 778. The molecule has 2 aromatic rings. The summed E-state index contributed by atoms with van der Waals surface area (Å²) in [5, 5.41) is 18.4. The Morgan fingerprint density at radius 2 is 2.04 bits per heavy atom. The second kappa shape index (κ2) is 8.30. The highest BCUT2D eigenvalue weighted by molar-refractivity contribution is 5.94.